The van der Waals surface area contributed by atoms with Gasteiger partial charge in [-0.3, -0.25) is 9.19 Å². The number of aliphatic hydroxyl groups is 1. The molecule has 2 saturated heterocycles. The van der Waals surface area contributed by atoms with Crippen LogP contribution in [0, 0.1) is 11.6 Å². The highest BCUT2D eigenvalue weighted by molar-refractivity contribution is 7.85. The first-order chi connectivity index (χ1) is 14.9. The second-order valence-electron chi connectivity index (χ2n) is 8.41. The van der Waals surface area contributed by atoms with Crippen LogP contribution in [-0.4, -0.2) is 59.8 Å². The zero-order chi connectivity index (χ0) is 21.6. The van der Waals surface area contributed by atoms with Crippen LogP contribution in [0.1, 0.15) is 31.2 Å². The molecule has 164 valence electrons. The Kier molecular flexibility index (Phi) is 5.35. The molecule has 0 spiro atoms. The molecule has 0 amide bonds. The molecule has 2 fully saturated rings. The van der Waals surface area contributed by atoms with E-state index in [2.05, 4.69) is 19.9 Å². The van der Waals surface area contributed by atoms with E-state index < -0.39 is 28.0 Å². The van der Waals surface area contributed by atoms with E-state index in [9.17, 15) is 13.7 Å². The van der Waals surface area contributed by atoms with E-state index >= 15 is 4.39 Å². The average Bonchev–Trinajstić information content (AvgIpc) is 3.16. The molecule has 2 aliphatic rings. The fraction of sp³-hybridized carbons (Fsp3) is 0.455. The van der Waals surface area contributed by atoms with Crippen molar-refractivity contribution in [2.45, 2.75) is 37.3 Å². The van der Waals surface area contributed by atoms with Crippen LogP contribution in [-0.2, 0) is 16.4 Å². The van der Waals surface area contributed by atoms with Crippen molar-refractivity contribution in [2.75, 3.05) is 24.6 Å². The topological polar surface area (TPSA) is 82.1 Å². The van der Waals surface area contributed by atoms with Gasteiger partial charge >= 0.3 is 0 Å². The van der Waals surface area contributed by atoms with Crippen LogP contribution >= 0.6 is 0 Å². The number of nitrogens with one attached hydrogen (secondary N) is 1. The van der Waals surface area contributed by atoms with E-state index in [1.807, 2.05) is 0 Å². The minimum Gasteiger partial charge on any atom is -0.385 e. The van der Waals surface area contributed by atoms with Crippen LogP contribution in [0.3, 0.4) is 0 Å². The number of pyridine rings is 2. The highest BCUT2D eigenvalue weighted by Crippen LogP contribution is 2.37. The van der Waals surface area contributed by atoms with Gasteiger partial charge in [-0.2, -0.15) is 0 Å². The van der Waals surface area contributed by atoms with Crippen LogP contribution in [0.2, 0.25) is 0 Å². The van der Waals surface area contributed by atoms with Crippen molar-refractivity contribution in [2.24, 2.45) is 0 Å². The first kappa shape index (κ1) is 20.7. The molecule has 3 aromatic rings. The molecule has 9 heteroatoms. The van der Waals surface area contributed by atoms with Crippen molar-refractivity contribution in [3.8, 4) is 11.3 Å². The van der Waals surface area contributed by atoms with Gasteiger partial charge in [-0.15, -0.1) is 0 Å². The second kappa shape index (κ2) is 8.03. The van der Waals surface area contributed by atoms with Crippen LogP contribution in [0.25, 0.3) is 22.3 Å². The molecule has 0 unspecified atom stereocenters. The third-order valence-electron chi connectivity index (χ3n) is 6.66. The molecule has 31 heavy (non-hydrogen) atoms. The number of halogens is 2. The Hall–Kier alpha value is -2.23. The van der Waals surface area contributed by atoms with Gasteiger partial charge in [0.15, 0.2) is 5.82 Å². The van der Waals surface area contributed by atoms with Gasteiger partial charge in [0.05, 0.1) is 16.7 Å². The average molecular weight is 447 g/mol. The molecule has 0 aromatic carbocycles. The summed E-state index contributed by atoms with van der Waals surface area (Å²) >= 11 is 0. The molecule has 3 aromatic heterocycles. The summed E-state index contributed by atoms with van der Waals surface area (Å²) in [5, 5.41) is 11.5. The van der Waals surface area contributed by atoms with Crippen LogP contribution in [0.15, 0.2) is 30.7 Å². The monoisotopic (exact) mass is 446 g/mol. The van der Waals surface area contributed by atoms with E-state index in [0.29, 0.717) is 48.9 Å². The highest BCUT2D eigenvalue weighted by atomic mass is 32.2. The lowest BCUT2D eigenvalue weighted by Gasteiger charge is -2.42. The van der Waals surface area contributed by atoms with E-state index in [4.69, 9.17) is 0 Å². The molecule has 2 N–H and O–H groups in total. The number of fused-ring (bicyclic) bond motifs is 1. The Bertz CT molecular complexity index is 1130. The molecule has 6 nitrogen and oxygen atoms in total. The van der Waals surface area contributed by atoms with Gasteiger partial charge in [-0.25, -0.2) is 13.8 Å². The van der Waals surface area contributed by atoms with E-state index in [1.54, 1.807) is 6.07 Å². The lowest BCUT2D eigenvalue weighted by molar-refractivity contribution is -0.0390. The maximum Gasteiger partial charge on any atom is 0.150 e. The third-order valence-corrected chi connectivity index (χ3v) is 8.04. The minimum atomic E-state index is -1.28. The fourth-order valence-electron chi connectivity index (χ4n) is 4.83. The van der Waals surface area contributed by atoms with Gasteiger partial charge in [-0.1, -0.05) is 0 Å². The van der Waals surface area contributed by atoms with E-state index in [-0.39, 0.29) is 10.9 Å². The molecule has 0 radical (unpaired) electrons. The molecular formula is C22H24F2N4O2S. The number of nitrogens with zero attached hydrogens (tertiary/aromatic N) is 3. The maximum absolute atomic E-state index is 15.1. The van der Waals surface area contributed by atoms with Crippen molar-refractivity contribution in [1.82, 2.24) is 19.9 Å². The Morgan fingerprint density at radius 2 is 1.90 bits per heavy atom. The molecular weight excluding hydrogens is 422 g/mol. The number of aromatic nitrogens is 3. The Balaban J connectivity index is 1.37. The highest BCUT2D eigenvalue weighted by Gasteiger charge is 2.38. The first-order valence-corrected chi connectivity index (χ1v) is 12.0. The number of piperidine rings is 1. The number of hydrogen-bond donors (Lipinski definition) is 2. The fourth-order valence-corrected chi connectivity index (χ4v) is 6.10. The number of likely N-dealkylation sites (tertiary alicyclic amines) is 1. The molecule has 0 bridgehead atoms. The Morgan fingerprint density at radius 3 is 2.61 bits per heavy atom. The summed E-state index contributed by atoms with van der Waals surface area (Å²) in [7, 11) is -0.703. The van der Waals surface area contributed by atoms with Crippen molar-refractivity contribution in [3.63, 3.8) is 0 Å². The number of aromatic amines is 1. The zero-order valence-electron chi connectivity index (χ0n) is 17.0. The predicted octanol–water partition coefficient (Wildman–Crippen LogP) is 3.10. The van der Waals surface area contributed by atoms with Crippen molar-refractivity contribution >= 4 is 21.8 Å². The lowest BCUT2D eigenvalue weighted by Crippen LogP contribution is -2.49. The summed E-state index contributed by atoms with van der Waals surface area (Å²) in [6.45, 7) is 1.32. The summed E-state index contributed by atoms with van der Waals surface area (Å²) in [6, 6.07) is 3.25. The van der Waals surface area contributed by atoms with Crippen LogP contribution < -0.4 is 0 Å². The molecule has 0 aliphatic carbocycles. The summed E-state index contributed by atoms with van der Waals surface area (Å²) in [4.78, 5) is 13.5. The van der Waals surface area contributed by atoms with E-state index in [1.165, 1.54) is 24.7 Å². The summed E-state index contributed by atoms with van der Waals surface area (Å²) in [5.74, 6) is 0.446. The Labute approximate surface area is 181 Å². The molecule has 5 heterocycles. The van der Waals surface area contributed by atoms with Crippen molar-refractivity contribution in [1.29, 1.82) is 0 Å². The van der Waals surface area contributed by atoms with Gasteiger partial charge in [0, 0.05) is 77.2 Å². The van der Waals surface area contributed by atoms with Gasteiger partial charge in [0.25, 0.3) is 0 Å². The summed E-state index contributed by atoms with van der Waals surface area (Å²) in [6.07, 6.45) is 6.75. The van der Waals surface area contributed by atoms with Crippen molar-refractivity contribution < 1.29 is 18.1 Å². The Morgan fingerprint density at radius 1 is 1.16 bits per heavy atom. The zero-order valence-corrected chi connectivity index (χ0v) is 17.8. The minimum absolute atomic E-state index is 0.181. The third kappa shape index (κ3) is 3.79. The summed E-state index contributed by atoms with van der Waals surface area (Å²) in [5.41, 5.74) is 0.0182. The number of rotatable bonds is 3. The maximum atomic E-state index is 15.1. The smallest absolute Gasteiger partial charge is 0.150 e. The largest absolute Gasteiger partial charge is 0.385 e. The SMILES string of the molecule is O=S1CCC(N2CCC(O)(c3cnc(-c4ccnc5[nH]cc(F)c45)cc3F)CC2)CC1. The van der Waals surface area contributed by atoms with Crippen LogP contribution in [0.4, 0.5) is 8.78 Å². The quantitative estimate of drug-likeness (QED) is 0.646. The standard InChI is InChI=1S/C22H24F2N4O2S/c23-17-11-19(15-1-6-25-21-20(15)18(24)13-27-21)26-12-16(17)22(29)4-7-28(8-5-22)14-2-9-31(30)10-3-14/h1,6,11-14,29H,2-5,7-10H2,(H,25,27). The lowest BCUT2D eigenvalue weighted by atomic mass is 9.84. The number of H-pyrrole nitrogens is 1. The molecule has 2 aliphatic heterocycles. The number of hydrogen-bond acceptors (Lipinski definition) is 5. The normalized spacial score (nSPS) is 24.5. The molecule has 0 saturated carbocycles. The van der Waals surface area contributed by atoms with Crippen molar-refractivity contribution in [3.05, 3.63) is 47.9 Å². The van der Waals surface area contributed by atoms with Gasteiger partial charge in [-0.05, 0) is 31.7 Å². The second-order valence-corrected chi connectivity index (χ2v) is 10.1. The van der Waals surface area contributed by atoms with Gasteiger partial charge < -0.3 is 15.0 Å². The molecule has 0 atom stereocenters. The summed E-state index contributed by atoms with van der Waals surface area (Å²) < 4.78 is 40.9. The predicted molar refractivity (Wildman–Crippen MR) is 115 cm³/mol. The van der Waals surface area contributed by atoms with Gasteiger partial charge in [0.2, 0.25) is 0 Å². The first-order valence-electron chi connectivity index (χ1n) is 10.5. The van der Waals surface area contributed by atoms with Crippen LogP contribution in [0.5, 0.6) is 0 Å². The molecule has 5 rings (SSSR count). The van der Waals surface area contributed by atoms with Gasteiger partial charge in [0.1, 0.15) is 11.5 Å². The van der Waals surface area contributed by atoms with E-state index in [0.717, 1.165) is 24.3 Å².